The van der Waals surface area contributed by atoms with E-state index in [0.29, 0.717) is 6.54 Å². The van der Waals surface area contributed by atoms with Crippen LogP contribution in [0.4, 0.5) is 8.78 Å². The average molecular weight is 291 g/mol. The molecule has 1 N–H and O–H groups in total. The standard InChI is InChI=1S/C17H19F2NO/c1-12(14-6-7-17(21-2)16(19)11-14)20-9-8-13-4-3-5-15(18)10-13/h3-7,10-12,20H,8-9H2,1-2H3. The van der Waals surface area contributed by atoms with Gasteiger partial charge >= 0.3 is 0 Å². The fourth-order valence-electron chi connectivity index (χ4n) is 2.20. The van der Waals surface area contributed by atoms with Crippen LogP contribution in [0.15, 0.2) is 42.5 Å². The minimum Gasteiger partial charge on any atom is -0.494 e. The highest BCUT2D eigenvalue weighted by Gasteiger charge is 2.09. The molecule has 2 rings (SSSR count). The Hall–Kier alpha value is -1.94. The van der Waals surface area contributed by atoms with Crippen LogP contribution in [0, 0.1) is 11.6 Å². The molecule has 0 aromatic heterocycles. The quantitative estimate of drug-likeness (QED) is 0.872. The normalized spacial score (nSPS) is 12.2. The summed E-state index contributed by atoms with van der Waals surface area (Å²) in [5, 5.41) is 3.30. The minimum atomic E-state index is -0.367. The van der Waals surface area contributed by atoms with Gasteiger partial charge in [-0.2, -0.15) is 0 Å². The number of benzene rings is 2. The Morgan fingerprint density at radius 1 is 1.14 bits per heavy atom. The highest BCUT2D eigenvalue weighted by molar-refractivity contribution is 5.30. The van der Waals surface area contributed by atoms with Crippen LogP contribution < -0.4 is 10.1 Å². The van der Waals surface area contributed by atoms with Crippen LogP contribution >= 0.6 is 0 Å². The highest BCUT2D eigenvalue weighted by Crippen LogP contribution is 2.21. The predicted octanol–water partition coefficient (Wildman–Crippen LogP) is 3.87. The molecule has 21 heavy (non-hydrogen) atoms. The number of hydrogen-bond donors (Lipinski definition) is 1. The third-order valence-corrected chi connectivity index (χ3v) is 3.43. The lowest BCUT2D eigenvalue weighted by molar-refractivity contribution is 0.385. The molecule has 0 radical (unpaired) electrons. The second-order valence-electron chi connectivity index (χ2n) is 4.95. The lowest BCUT2D eigenvalue weighted by Crippen LogP contribution is -2.21. The molecule has 0 bridgehead atoms. The van der Waals surface area contributed by atoms with Gasteiger partial charge in [0.25, 0.3) is 0 Å². The van der Waals surface area contributed by atoms with Crippen LogP contribution in [0.1, 0.15) is 24.1 Å². The summed E-state index contributed by atoms with van der Waals surface area (Å²) >= 11 is 0. The first kappa shape index (κ1) is 15.4. The molecule has 0 amide bonds. The van der Waals surface area contributed by atoms with E-state index in [1.807, 2.05) is 19.1 Å². The van der Waals surface area contributed by atoms with Gasteiger partial charge in [0.1, 0.15) is 5.82 Å². The molecule has 4 heteroatoms. The van der Waals surface area contributed by atoms with Crippen molar-refractivity contribution in [3.05, 3.63) is 65.2 Å². The van der Waals surface area contributed by atoms with Crippen molar-refractivity contribution in [1.82, 2.24) is 5.32 Å². The van der Waals surface area contributed by atoms with Gasteiger partial charge in [-0.1, -0.05) is 18.2 Å². The molecule has 2 nitrogen and oxygen atoms in total. The predicted molar refractivity (Wildman–Crippen MR) is 79.5 cm³/mol. The van der Waals surface area contributed by atoms with Crippen molar-refractivity contribution >= 4 is 0 Å². The Bertz CT molecular complexity index is 601. The Kier molecular flexibility index (Phi) is 5.28. The Labute approximate surface area is 123 Å². The smallest absolute Gasteiger partial charge is 0.165 e. The lowest BCUT2D eigenvalue weighted by atomic mass is 10.1. The molecule has 112 valence electrons. The average Bonchev–Trinajstić information content (AvgIpc) is 2.47. The molecule has 0 heterocycles. The molecule has 0 spiro atoms. The van der Waals surface area contributed by atoms with Gasteiger partial charge in [0, 0.05) is 6.04 Å². The molecule has 1 atom stereocenters. The van der Waals surface area contributed by atoms with E-state index in [-0.39, 0.29) is 23.4 Å². The number of ether oxygens (including phenoxy) is 1. The maximum Gasteiger partial charge on any atom is 0.165 e. The first-order valence-electron chi connectivity index (χ1n) is 6.91. The monoisotopic (exact) mass is 291 g/mol. The van der Waals surface area contributed by atoms with Gasteiger partial charge in [-0.25, -0.2) is 8.78 Å². The molecular weight excluding hydrogens is 272 g/mol. The summed E-state index contributed by atoms with van der Waals surface area (Å²) in [5.74, 6) is -0.350. The third kappa shape index (κ3) is 4.26. The van der Waals surface area contributed by atoms with Crippen molar-refractivity contribution in [3.8, 4) is 5.75 Å². The molecule has 0 aliphatic heterocycles. The maximum atomic E-state index is 13.6. The summed E-state index contributed by atoms with van der Waals surface area (Å²) in [4.78, 5) is 0. The molecule has 2 aromatic rings. The van der Waals surface area contributed by atoms with E-state index in [1.54, 1.807) is 12.1 Å². The van der Waals surface area contributed by atoms with Gasteiger partial charge in [0.2, 0.25) is 0 Å². The van der Waals surface area contributed by atoms with Crippen molar-refractivity contribution < 1.29 is 13.5 Å². The van der Waals surface area contributed by atoms with Crippen LogP contribution in [-0.2, 0) is 6.42 Å². The van der Waals surface area contributed by atoms with Gasteiger partial charge in [-0.15, -0.1) is 0 Å². The van der Waals surface area contributed by atoms with E-state index < -0.39 is 0 Å². The minimum absolute atomic E-state index is 0.0129. The fraction of sp³-hybridized carbons (Fsp3) is 0.294. The zero-order valence-corrected chi connectivity index (χ0v) is 12.2. The van der Waals surface area contributed by atoms with Crippen molar-refractivity contribution in [2.75, 3.05) is 13.7 Å². The van der Waals surface area contributed by atoms with Crippen molar-refractivity contribution in [1.29, 1.82) is 0 Å². The largest absolute Gasteiger partial charge is 0.494 e. The molecule has 0 aliphatic rings. The third-order valence-electron chi connectivity index (χ3n) is 3.43. The highest BCUT2D eigenvalue weighted by atomic mass is 19.1. The molecular formula is C17H19F2NO. The number of rotatable bonds is 6. The van der Waals surface area contributed by atoms with Gasteiger partial charge in [-0.3, -0.25) is 0 Å². The van der Waals surface area contributed by atoms with Crippen LogP contribution in [0.2, 0.25) is 0 Å². The summed E-state index contributed by atoms with van der Waals surface area (Å²) in [5.41, 5.74) is 1.79. The van der Waals surface area contributed by atoms with Crippen LogP contribution in [0.5, 0.6) is 5.75 Å². The van der Waals surface area contributed by atoms with E-state index >= 15 is 0 Å². The fourth-order valence-corrected chi connectivity index (χ4v) is 2.20. The van der Waals surface area contributed by atoms with Crippen molar-refractivity contribution in [2.45, 2.75) is 19.4 Å². The summed E-state index contributed by atoms with van der Waals surface area (Å²) in [6, 6.07) is 11.5. The number of halogens is 2. The van der Waals surface area contributed by atoms with Crippen LogP contribution in [0.3, 0.4) is 0 Å². The van der Waals surface area contributed by atoms with Crippen molar-refractivity contribution in [3.63, 3.8) is 0 Å². The molecule has 0 fully saturated rings. The topological polar surface area (TPSA) is 21.3 Å². The van der Waals surface area contributed by atoms with Gasteiger partial charge in [0.15, 0.2) is 11.6 Å². The maximum absolute atomic E-state index is 13.6. The summed E-state index contributed by atoms with van der Waals surface area (Å²) < 4.78 is 31.6. The summed E-state index contributed by atoms with van der Waals surface area (Å²) in [7, 11) is 1.44. The Morgan fingerprint density at radius 3 is 2.62 bits per heavy atom. The summed E-state index contributed by atoms with van der Waals surface area (Å²) in [6.45, 7) is 2.66. The Morgan fingerprint density at radius 2 is 1.95 bits per heavy atom. The van der Waals surface area contributed by atoms with E-state index in [0.717, 1.165) is 17.5 Å². The first-order valence-corrected chi connectivity index (χ1v) is 6.91. The number of nitrogens with one attached hydrogen (secondary N) is 1. The molecule has 1 unspecified atom stereocenters. The van der Waals surface area contributed by atoms with Gasteiger partial charge in [-0.05, 0) is 55.3 Å². The second-order valence-corrected chi connectivity index (χ2v) is 4.95. The van der Waals surface area contributed by atoms with Crippen molar-refractivity contribution in [2.24, 2.45) is 0 Å². The first-order chi connectivity index (χ1) is 10.1. The molecule has 2 aromatic carbocycles. The lowest BCUT2D eigenvalue weighted by Gasteiger charge is -2.15. The number of methoxy groups -OCH3 is 1. The van der Waals surface area contributed by atoms with E-state index in [2.05, 4.69) is 5.32 Å². The van der Waals surface area contributed by atoms with E-state index in [1.165, 1.54) is 25.3 Å². The van der Waals surface area contributed by atoms with Gasteiger partial charge < -0.3 is 10.1 Å². The molecule has 0 saturated heterocycles. The van der Waals surface area contributed by atoms with E-state index in [4.69, 9.17) is 4.74 Å². The second kappa shape index (κ2) is 7.18. The molecule has 0 aliphatic carbocycles. The van der Waals surface area contributed by atoms with Crippen LogP contribution in [-0.4, -0.2) is 13.7 Å². The summed E-state index contributed by atoms with van der Waals surface area (Å²) in [6.07, 6.45) is 0.723. The SMILES string of the molecule is COc1ccc(C(C)NCCc2cccc(F)c2)cc1F. The zero-order chi connectivity index (χ0) is 15.2. The van der Waals surface area contributed by atoms with Crippen LogP contribution in [0.25, 0.3) is 0 Å². The van der Waals surface area contributed by atoms with E-state index in [9.17, 15) is 8.78 Å². The Balaban J connectivity index is 1.89. The zero-order valence-electron chi connectivity index (χ0n) is 12.2. The number of hydrogen-bond acceptors (Lipinski definition) is 2. The molecule has 0 saturated carbocycles. The van der Waals surface area contributed by atoms with Gasteiger partial charge in [0.05, 0.1) is 7.11 Å².